The molecule has 3 rings (SSSR count). The van der Waals surface area contributed by atoms with Crippen molar-refractivity contribution < 1.29 is 4.39 Å². The van der Waals surface area contributed by atoms with E-state index >= 15 is 0 Å². The Morgan fingerprint density at radius 1 is 1.38 bits per heavy atom. The van der Waals surface area contributed by atoms with Crippen molar-refractivity contribution in [2.24, 2.45) is 0 Å². The largest absolute Gasteiger partial charge is 0.354 e. The number of aromatic nitrogens is 2. The lowest BCUT2D eigenvalue weighted by molar-refractivity contribution is 0.628. The molecule has 0 atom stereocenters. The average molecular weight is 286 g/mol. The van der Waals surface area contributed by atoms with Crippen LogP contribution in [0.25, 0.3) is 0 Å². The van der Waals surface area contributed by atoms with Gasteiger partial charge in [-0.2, -0.15) is 4.98 Å². The third-order valence-electron chi connectivity index (χ3n) is 3.68. The van der Waals surface area contributed by atoms with Crippen molar-refractivity contribution in [3.63, 3.8) is 0 Å². The van der Waals surface area contributed by atoms with Crippen molar-refractivity contribution in [2.75, 3.05) is 23.3 Å². The molecule has 5 heteroatoms. The Morgan fingerprint density at radius 3 is 3.05 bits per heavy atom. The molecule has 0 spiro atoms. The number of aryl methyl sites for hydroxylation is 1. The van der Waals surface area contributed by atoms with Gasteiger partial charge in [-0.1, -0.05) is 13.0 Å². The molecule has 0 bridgehead atoms. The molecule has 110 valence electrons. The number of anilines is 3. The van der Waals surface area contributed by atoms with E-state index in [0.717, 1.165) is 48.6 Å². The first kappa shape index (κ1) is 13.8. The van der Waals surface area contributed by atoms with E-state index in [9.17, 15) is 4.39 Å². The maximum Gasteiger partial charge on any atom is 0.224 e. The van der Waals surface area contributed by atoms with Gasteiger partial charge in [-0.15, -0.1) is 0 Å². The molecular formula is C16H19FN4. The SMILES string of the molecule is CCCNc1ncc(C)c(N2CCc3ccc(F)cc32)n1. The average Bonchev–Trinajstić information content (AvgIpc) is 2.89. The monoisotopic (exact) mass is 286 g/mol. The van der Waals surface area contributed by atoms with E-state index in [2.05, 4.69) is 27.1 Å². The van der Waals surface area contributed by atoms with Gasteiger partial charge in [0.05, 0.1) is 0 Å². The molecule has 0 fully saturated rings. The van der Waals surface area contributed by atoms with Gasteiger partial charge in [0.1, 0.15) is 11.6 Å². The zero-order valence-corrected chi connectivity index (χ0v) is 12.4. The van der Waals surface area contributed by atoms with E-state index in [0.29, 0.717) is 5.95 Å². The van der Waals surface area contributed by atoms with Crippen molar-refractivity contribution in [1.29, 1.82) is 0 Å². The van der Waals surface area contributed by atoms with Crippen LogP contribution in [0.1, 0.15) is 24.5 Å². The highest BCUT2D eigenvalue weighted by atomic mass is 19.1. The van der Waals surface area contributed by atoms with Crippen LogP contribution in [0, 0.1) is 12.7 Å². The quantitative estimate of drug-likeness (QED) is 0.934. The number of halogens is 1. The van der Waals surface area contributed by atoms with Crippen molar-refractivity contribution in [1.82, 2.24) is 9.97 Å². The zero-order valence-electron chi connectivity index (χ0n) is 12.4. The highest BCUT2D eigenvalue weighted by Crippen LogP contribution is 2.35. The Labute approximate surface area is 124 Å². The molecular weight excluding hydrogens is 267 g/mol. The molecule has 0 radical (unpaired) electrons. The number of fused-ring (bicyclic) bond motifs is 1. The summed E-state index contributed by atoms with van der Waals surface area (Å²) < 4.78 is 13.5. The van der Waals surface area contributed by atoms with Crippen LogP contribution in [-0.4, -0.2) is 23.1 Å². The third kappa shape index (κ3) is 2.68. The van der Waals surface area contributed by atoms with Crippen LogP contribution in [0.3, 0.4) is 0 Å². The van der Waals surface area contributed by atoms with Gasteiger partial charge >= 0.3 is 0 Å². The molecule has 0 saturated heterocycles. The smallest absolute Gasteiger partial charge is 0.224 e. The summed E-state index contributed by atoms with van der Waals surface area (Å²) in [4.78, 5) is 11.0. The summed E-state index contributed by atoms with van der Waals surface area (Å²) in [6, 6.07) is 4.96. The molecule has 0 aliphatic carbocycles. The Hall–Kier alpha value is -2.17. The molecule has 1 aromatic heterocycles. The molecule has 1 aliphatic heterocycles. The maximum absolute atomic E-state index is 13.5. The minimum atomic E-state index is -0.211. The molecule has 0 amide bonds. The van der Waals surface area contributed by atoms with Gasteiger partial charge in [-0.25, -0.2) is 9.37 Å². The lowest BCUT2D eigenvalue weighted by Gasteiger charge is -2.21. The van der Waals surface area contributed by atoms with E-state index in [-0.39, 0.29) is 5.82 Å². The molecule has 4 nitrogen and oxygen atoms in total. The van der Waals surface area contributed by atoms with Gasteiger partial charge < -0.3 is 10.2 Å². The summed E-state index contributed by atoms with van der Waals surface area (Å²) in [5.41, 5.74) is 3.07. The molecule has 0 unspecified atom stereocenters. The number of rotatable bonds is 4. The summed E-state index contributed by atoms with van der Waals surface area (Å²) in [7, 11) is 0. The van der Waals surface area contributed by atoms with Crippen LogP contribution in [0.5, 0.6) is 0 Å². The highest BCUT2D eigenvalue weighted by molar-refractivity contribution is 5.69. The fourth-order valence-corrected chi connectivity index (χ4v) is 2.60. The number of nitrogens with zero attached hydrogens (tertiary/aromatic N) is 3. The van der Waals surface area contributed by atoms with E-state index in [1.165, 1.54) is 6.07 Å². The fourth-order valence-electron chi connectivity index (χ4n) is 2.60. The summed E-state index contributed by atoms with van der Waals surface area (Å²) in [5, 5.41) is 3.20. The number of nitrogens with one attached hydrogen (secondary N) is 1. The van der Waals surface area contributed by atoms with Crippen LogP contribution < -0.4 is 10.2 Å². The first-order chi connectivity index (χ1) is 10.2. The Morgan fingerprint density at radius 2 is 2.24 bits per heavy atom. The van der Waals surface area contributed by atoms with Crippen LogP contribution in [0.4, 0.5) is 21.8 Å². The Balaban J connectivity index is 1.96. The fraction of sp³-hybridized carbons (Fsp3) is 0.375. The predicted octanol–water partition coefficient (Wildman–Crippen LogP) is 3.44. The minimum Gasteiger partial charge on any atom is -0.354 e. The summed E-state index contributed by atoms with van der Waals surface area (Å²) in [5.74, 6) is 1.27. The highest BCUT2D eigenvalue weighted by Gasteiger charge is 2.23. The first-order valence-corrected chi connectivity index (χ1v) is 7.32. The number of benzene rings is 1. The lowest BCUT2D eigenvalue weighted by Crippen LogP contribution is -2.18. The van der Waals surface area contributed by atoms with Crippen molar-refractivity contribution in [3.05, 3.63) is 41.3 Å². The van der Waals surface area contributed by atoms with Crippen LogP contribution in [0.15, 0.2) is 24.4 Å². The van der Waals surface area contributed by atoms with Crippen molar-refractivity contribution >= 4 is 17.5 Å². The van der Waals surface area contributed by atoms with Crippen molar-refractivity contribution in [2.45, 2.75) is 26.7 Å². The second kappa shape index (κ2) is 5.68. The normalized spacial score (nSPS) is 13.4. The van der Waals surface area contributed by atoms with E-state index < -0.39 is 0 Å². The first-order valence-electron chi connectivity index (χ1n) is 7.32. The summed E-state index contributed by atoms with van der Waals surface area (Å²) in [6.07, 6.45) is 3.75. The summed E-state index contributed by atoms with van der Waals surface area (Å²) >= 11 is 0. The predicted molar refractivity (Wildman–Crippen MR) is 82.7 cm³/mol. The maximum atomic E-state index is 13.5. The second-order valence-corrected chi connectivity index (χ2v) is 5.30. The summed E-state index contributed by atoms with van der Waals surface area (Å²) in [6.45, 7) is 5.75. The molecule has 1 aromatic carbocycles. The van der Waals surface area contributed by atoms with Crippen LogP contribution in [-0.2, 0) is 6.42 Å². The second-order valence-electron chi connectivity index (χ2n) is 5.30. The lowest BCUT2D eigenvalue weighted by atomic mass is 10.1. The zero-order chi connectivity index (χ0) is 14.8. The number of hydrogen-bond acceptors (Lipinski definition) is 4. The van der Waals surface area contributed by atoms with Gasteiger partial charge in [0, 0.05) is 30.5 Å². The van der Waals surface area contributed by atoms with Gasteiger partial charge in [-0.3, -0.25) is 0 Å². The van der Waals surface area contributed by atoms with E-state index in [1.807, 2.05) is 19.2 Å². The molecule has 1 aliphatic rings. The van der Waals surface area contributed by atoms with E-state index in [4.69, 9.17) is 0 Å². The third-order valence-corrected chi connectivity index (χ3v) is 3.68. The molecule has 2 aromatic rings. The minimum absolute atomic E-state index is 0.211. The van der Waals surface area contributed by atoms with Crippen LogP contribution >= 0.6 is 0 Å². The molecule has 2 heterocycles. The standard InChI is InChI=1S/C16H19FN4/c1-3-7-18-16-19-10-11(2)15(20-16)21-8-6-12-4-5-13(17)9-14(12)21/h4-5,9-10H,3,6-8H2,1-2H3,(H,18,19,20). The topological polar surface area (TPSA) is 41.1 Å². The van der Waals surface area contributed by atoms with Gasteiger partial charge in [0.15, 0.2) is 0 Å². The van der Waals surface area contributed by atoms with Crippen molar-refractivity contribution in [3.8, 4) is 0 Å². The van der Waals surface area contributed by atoms with Gasteiger partial charge in [0.2, 0.25) is 5.95 Å². The molecule has 21 heavy (non-hydrogen) atoms. The van der Waals surface area contributed by atoms with E-state index in [1.54, 1.807) is 6.07 Å². The Bertz CT molecular complexity index is 657. The van der Waals surface area contributed by atoms with Gasteiger partial charge in [0.25, 0.3) is 0 Å². The number of hydrogen-bond donors (Lipinski definition) is 1. The molecule has 1 N–H and O–H groups in total. The Kier molecular flexibility index (Phi) is 3.73. The molecule has 0 saturated carbocycles. The van der Waals surface area contributed by atoms with Gasteiger partial charge in [-0.05, 0) is 37.5 Å². The van der Waals surface area contributed by atoms with Crippen LogP contribution in [0.2, 0.25) is 0 Å².